The zero-order chi connectivity index (χ0) is 41.2. The van der Waals surface area contributed by atoms with Crippen molar-refractivity contribution >= 4 is 42.5 Å². The van der Waals surface area contributed by atoms with Crippen molar-refractivity contribution in [3.8, 4) is 0 Å². The van der Waals surface area contributed by atoms with Crippen LogP contribution >= 0.6 is 9.24 Å². The molecule has 0 heterocycles. The Hall–Kier alpha value is -4.81. The van der Waals surface area contributed by atoms with Crippen molar-refractivity contribution < 1.29 is 87.8 Å². The molecule has 1 unspecified atom stereocenters. The van der Waals surface area contributed by atoms with Crippen LogP contribution < -0.4 is 27.2 Å². The molecule has 0 aromatic heterocycles. The minimum atomic E-state index is -7.22. The molecule has 0 saturated carbocycles. The highest BCUT2D eigenvalue weighted by molar-refractivity contribution is 7.27. The highest BCUT2D eigenvalue weighted by atomic mass is 31.0. The Morgan fingerprint density at radius 3 is 0.667 bits per heavy atom. The lowest BCUT2D eigenvalue weighted by Crippen LogP contribution is -2.81. The molecule has 0 bridgehead atoms. The van der Waals surface area contributed by atoms with Gasteiger partial charge in [-0.05, 0) is 31.0 Å². The topological polar surface area (TPSA) is 0 Å². The van der Waals surface area contributed by atoms with Crippen molar-refractivity contribution in [3.63, 3.8) is 0 Å². The van der Waals surface area contributed by atoms with E-state index in [1.807, 2.05) is 9.24 Å². The molecule has 0 amide bonds. The van der Waals surface area contributed by atoms with Gasteiger partial charge in [0.05, 0.1) is 5.30 Å². The Balaban J connectivity index is 0.000000631. The van der Waals surface area contributed by atoms with Crippen LogP contribution in [0, 0.1) is 130 Å². The smallest absolute Gasteiger partial charge is 0.200 e. The lowest BCUT2D eigenvalue weighted by Gasteiger charge is -2.44. The standard InChI is InChI=1S/C24BF20.C8H11P/c26-5-1(6(27)14(35)21(42)13(5)34)25(2-7(28)15(36)22(43)16(37)8(2)29,3-9(30)17(38)23(44)18(39)10(3)31)4-11(32)19(40)24(45)20(41)12(4)33;1-6-4-3-5-8(9)7(6)2/h;3-5H,9H2,1-2H3/q-1;/p+1. The number of hydrogen-bond acceptors (Lipinski definition) is 0. The van der Waals surface area contributed by atoms with Crippen LogP contribution in [0.15, 0.2) is 18.2 Å². The van der Waals surface area contributed by atoms with Crippen molar-refractivity contribution in [2.24, 2.45) is 0 Å². The third-order valence-corrected chi connectivity index (χ3v) is 9.19. The van der Waals surface area contributed by atoms with Gasteiger partial charge in [0.1, 0.15) is 52.7 Å². The molecule has 1 atom stereocenters. The van der Waals surface area contributed by atoms with Gasteiger partial charge in [-0.3, -0.25) is 0 Å². The van der Waals surface area contributed by atoms with E-state index >= 15 is 35.1 Å². The molecule has 0 spiro atoms. The molecular formula is C32H12BF20P. The summed E-state index contributed by atoms with van der Waals surface area (Å²) in [6, 6.07) is 6.40. The van der Waals surface area contributed by atoms with E-state index in [1.165, 1.54) is 16.4 Å². The van der Waals surface area contributed by atoms with Crippen molar-refractivity contribution in [2.75, 3.05) is 0 Å². The summed E-state index contributed by atoms with van der Waals surface area (Å²) in [5.74, 6) is -71.4. The molecule has 5 aromatic carbocycles. The molecule has 0 aliphatic heterocycles. The van der Waals surface area contributed by atoms with E-state index in [-0.39, 0.29) is 0 Å². The third kappa shape index (κ3) is 6.03. The number of aryl methyl sites for hydroxylation is 1. The minimum Gasteiger partial charge on any atom is -0.207 e. The van der Waals surface area contributed by atoms with Crippen LogP contribution in [0.2, 0.25) is 0 Å². The second-order valence-electron chi connectivity index (χ2n) is 11.2. The molecule has 5 aromatic rings. The number of benzene rings is 5. The second-order valence-corrected chi connectivity index (χ2v) is 11.9. The van der Waals surface area contributed by atoms with Gasteiger partial charge in [0.25, 0.3) is 0 Å². The third-order valence-electron chi connectivity index (χ3n) is 8.42. The first kappa shape index (κ1) is 41.9. The summed E-state index contributed by atoms with van der Waals surface area (Å²) in [6.07, 6.45) is -7.22. The van der Waals surface area contributed by atoms with Gasteiger partial charge in [0.2, 0.25) is 0 Å². The van der Waals surface area contributed by atoms with Gasteiger partial charge in [-0.25, -0.2) is 87.8 Å². The second kappa shape index (κ2) is 14.8. The normalized spacial score (nSPS) is 11.7. The quantitative estimate of drug-likeness (QED) is 0.0585. The van der Waals surface area contributed by atoms with E-state index in [2.05, 4.69) is 32.0 Å². The minimum absolute atomic E-state index is 1.39. The summed E-state index contributed by atoms with van der Waals surface area (Å²) in [5, 5.41) is 1.41. The Bertz CT molecular complexity index is 1980. The Kier molecular flexibility index (Phi) is 11.5. The lowest BCUT2D eigenvalue weighted by molar-refractivity contribution is 0.378. The van der Waals surface area contributed by atoms with Gasteiger partial charge in [0.15, 0.2) is 69.8 Å². The average molecular weight is 818 g/mol. The monoisotopic (exact) mass is 818 g/mol. The molecule has 5 rings (SSSR count). The predicted molar refractivity (Wildman–Crippen MR) is 156 cm³/mol. The number of hydrogen-bond donors (Lipinski definition) is 0. The van der Waals surface area contributed by atoms with E-state index < -0.39 is 144 Å². The molecule has 0 radical (unpaired) electrons. The summed E-state index contributed by atoms with van der Waals surface area (Å²) in [5.41, 5.74) is -11.5. The molecular weight excluding hydrogens is 806 g/mol. The van der Waals surface area contributed by atoms with Crippen LogP contribution in [0.3, 0.4) is 0 Å². The van der Waals surface area contributed by atoms with Crippen molar-refractivity contribution in [1.29, 1.82) is 0 Å². The van der Waals surface area contributed by atoms with Gasteiger partial charge >= 0.3 is 0 Å². The van der Waals surface area contributed by atoms with Crippen molar-refractivity contribution in [3.05, 3.63) is 146 Å². The van der Waals surface area contributed by atoms with Crippen LogP contribution in [0.25, 0.3) is 0 Å². The molecule has 0 N–H and O–H groups in total. The Morgan fingerprint density at radius 1 is 0.315 bits per heavy atom. The summed E-state index contributed by atoms with van der Waals surface area (Å²) in [4.78, 5) is 0. The Morgan fingerprint density at radius 2 is 0.500 bits per heavy atom. The summed E-state index contributed by atoms with van der Waals surface area (Å²) < 4.78 is 294. The van der Waals surface area contributed by atoms with Crippen LogP contribution in [0.5, 0.6) is 0 Å². The van der Waals surface area contributed by atoms with Crippen LogP contribution in [-0.4, -0.2) is 6.15 Å². The SMILES string of the molecule is Cc1cccc([PH3+])c1C.Fc1c(F)c(F)c([B-](c2c(F)c(F)c(F)c(F)c2F)(c2c(F)c(F)c(F)c(F)c2F)c2c(F)c(F)c(F)c(F)c2F)c(F)c1F. The van der Waals surface area contributed by atoms with E-state index in [1.54, 1.807) is 0 Å². The molecule has 22 heteroatoms. The zero-order valence-electron chi connectivity index (χ0n) is 26.1. The molecule has 288 valence electrons. The first-order chi connectivity index (χ1) is 24.9. The predicted octanol–water partition coefficient (Wildman–Crippen LogP) is 7.38. The molecule has 0 aliphatic rings. The van der Waals surface area contributed by atoms with E-state index in [0.29, 0.717) is 0 Å². The van der Waals surface area contributed by atoms with E-state index in [0.717, 1.165) is 0 Å². The molecule has 54 heavy (non-hydrogen) atoms. The fourth-order valence-corrected chi connectivity index (χ4v) is 6.10. The molecule has 0 aliphatic carbocycles. The number of halogens is 20. The van der Waals surface area contributed by atoms with Gasteiger partial charge in [-0.2, -0.15) is 0 Å². The molecule has 0 fully saturated rings. The van der Waals surface area contributed by atoms with Gasteiger partial charge in [0, 0.05) is 9.24 Å². The zero-order valence-corrected chi connectivity index (χ0v) is 27.5. The Labute approximate surface area is 290 Å². The van der Waals surface area contributed by atoms with Crippen LogP contribution in [-0.2, 0) is 0 Å². The van der Waals surface area contributed by atoms with Crippen LogP contribution in [0.1, 0.15) is 11.1 Å². The lowest BCUT2D eigenvalue weighted by atomic mass is 9.12. The maximum Gasteiger partial charge on any atom is 0.200 e. The summed E-state index contributed by atoms with van der Waals surface area (Å²) in [7, 11) is 1.95. The molecule has 0 saturated heterocycles. The fourth-order valence-electron chi connectivity index (χ4n) is 5.69. The maximum absolute atomic E-state index is 15.4. The number of rotatable bonds is 4. The van der Waals surface area contributed by atoms with Gasteiger partial charge in [-0.15, -0.1) is 21.9 Å². The van der Waals surface area contributed by atoms with Crippen molar-refractivity contribution in [1.82, 2.24) is 0 Å². The highest BCUT2D eigenvalue weighted by Gasteiger charge is 2.52. The maximum atomic E-state index is 15.4. The fraction of sp³-hybridized carbons (Fsp3) is 0.0625. The highest BCUT2D eigenvalue weighted by Crippen LogP contribution is 2.30. The average Bonchev–Trinajstić information content (AvgIpc) is 3.13. The van der Waals surface area contributed by atoms with Gasteiger partial charge in [-0.1, -0.05) is 12.1 Å². The largest absolute Gasteiger partial charge is 0.207 e. The van der Waals surface area contributed by atoms with Crippen molar-refractivity contribution in [2.45, 2.75) is 13.8 Å². The van der Waals surface area contributed by atoms with E-state index in [4.69, 9.17) is 0 Å². The van der Waals surface area contributed by atoms with E-state index in [9.17, 15) is 52.7 Å². The summed E-state index contributed by atoms with van der Waals surface area (Å²) in [6.45, 7) is 4.31. The molecule has 0 nitrogen and oxygen atoms in total. The van der Waals surface area contributed by atoms with Gasteiger partial charge < -0.3 is 0 Å². The van der Waals surface area contributed by atoms with Crippen LogP contribution in [0.4, 0.5) is 87.8 Å². The first-order valence-corrected chi connectivity index (χ1v) is 14.7. The first-order valence-electron chi connectivity index (χ1n) is 14.0. The summed E-state index contributed by atoms with van der Waals surface area (Å²) >= 11 is 0.